The molecule has 0 radical (unpaired) electrons. The van der Waals surface area contributed by atoms with Crippen LogP contribution in [0.3, 0.4) is 0 Å². The molecule has 1 N–H and O–H groups in total. The molecule has 1 amide bonds. The van der Waals surface area contributed by atoms with Gasteiger partial charge in [-0.15, -0.1) is 0 Å². The van der Waals surface area contributed by atoms with Crippen LogP contribution in [0.5, 0.6) is 0 Å². The number of non-ortho nitro benzene ring substituents is 1. The minimum atomic E-state index is -0.416. The number of nitro benzene ring substituents is 1. The Morgan fingerprint density at radius 1 is 1.40 bits per heavy atom. The first-order valence-electron chi connectivity index (χ1n) is 6.64. The number of benzene rings is 1. The molecule has 1 fully saturated rings. The van der Waals surface area contributed by atoms with Gasteiger partial charge in [0.15, 0.2) is 0 Å². The number of fused-ring (bicyclic) bond motifs is 1. The average Bonchev–Trinajstić information content (AvgIpc) is 3.18. The van der Waals surface area contributed by atoms with Gasteiger partial charge in [0, 0.05) is 24.2 Å². The van der Waals surface area contributed by atoms with Crippen molar-refractivity contribution in [2.24, 2.45) is 5.92 Å². The highest BCUT2D eigenvalue weighted by molar-refractivity contribution is 5.90. The van der Waals surface area contributed by atoms with Gasteiger partial charge in [-0.1, -0.05) is 12.1 Å². The van der Waals surface area contributed by atoms with Gasteiger partial charge in [0.2, 0.25) is 5.91 Å². The minimum absolute atomic E-state index is 0.0301. The van der Waals surface area contributed by atoms with Crippen molar-refractivity contribution in [2.75, 3.05) is 6.54 Å². The third-order valence-electron chi connectivity index (χ3n) is 3.56. The summed E-state index contributed by atoms with van der Waals surface area (Å²) in [7, 11) is 0. The number of amides is 1. The maximum atomic E-state index is 11.9. The van der Waals surface area contributed by atoms with E-state index in [0.717, 1.165) is 5.39 Å². The molecule has 1 aliphatic rings. The van der Waals surface area contributed by atoms with Crippen LogP contribution in [-0.4, -0.2) is 21.9 Å². The van der Waals surface area contributed by atoms with Crippen LogP contribution in [0.25, 0.3) is 10.9 Å². The summed E-state index contributed by atoms with van der Waals surface area (Å²) in [4.78, 5) is 22.5. The maximum absolute atomic E-state index is 11.9. The molecular weight excluding hydrogens is 258 g/mol. The van der Waals surface area contributed by atoms with E-state index in [1.807, 2.05) is 0 Å². The molecule has 1 heterocycles. The monoisotopic (exact) mass is 273 g/mol. The highest BCUT2D eigenvalue weighted by Gasteiger charge is 2.22. The van der Waals surface area contributed by atoms with Crippen molar-refractivity contribution >= 4 is 22.5 Å². The average molecular weight is 273 g/mol. The van der Waals surface area contributed by atoms with Crippen LogP contribution in [0.4, 0.5) is 5.69 Å². The van der Waals surface area contributed by atoms with Crippen LogP contribution in [0.15, 0.2) is 30.5 Å². The Balaban J connectivity index is 1.83. The number of carbonyl (C=O) groups excluding carboxylic acids is 1. The fraction of sp³-hybridized carbons (Fsp3) is 0.357. The summed E-state index contributed by atoms with van der Waals surface area (Å²) >= 11 is 0. The van der Waals surface area contributed by atoms with Crippen molar-refractivity contribution in [3.05, 3.63) is 40.6 Å². The Kier molecular flexibility index (Phi) is 3.14. The van der Waals surface area contributed by atoms with E-state index in [2.05, 4.69) is 5.32 Å². The molecule has 2 aromatic rings. The third-order valence-corrected chi connectivity index (χ3v) is 3.56. The number of nitrogens with one attached hydrogen (secondary N) is 1. The molecule has 0 saturated heterocycles. The zero-order valence-corrected chi connectivity index (χ0v) is 10.9. The standard InChI is InChI=1S/C14H15N3O3/c18-13(15-8-10-4-5-10)9-16-7-6-11-2-1-3-12(14(11)16)17(19)20/h1-3,6-7,10H,4-5,8-9H2,(H,15,18). The summed E-state index contributed by atoms with van der Waals surface area (Å²) in [6.07, 6.45) is 4.07. The van der Waals surface area contributed by atoms with E-state index in [1.165, 1.54) is 18.9 Å². The van der Waals surface area contributed by atoms with Gasteiger partial charge in [-0.25, -0.2) is 0 Å². The molecule has 20 heavy (non-hydrogen) atoms. The Morgan fingerprint density at radius 3 is 2.90 bits per heavy atom. The molecule has 0 unspecified atom stereocenters. The lowest BCUT2D eigenvalue weighted by Gasteiger charge is -2.07. The second-order valence-corrected chi connectivity index (χ2v) is 5.16. The van der Waals surface area contributed by atoms with E-state index in [0.29, 0.717) is 18.0 Å². The normalized spacial score (nSPS) is 14.4. The van der Waals surface area contributed by atoms with Crippen LogP contribution in [0.2, 0.25) is 0 Å². The number of hydrogen-bond donors (Lipinski definition) is 1. The van der Waals surface area contributed by atoms with Gasteiger partial charge >= 0.3 is 0 Å². The molecule has 6 heteroatoms. The first kappa shape index (κ1) is 12.7. The van der Waals surface area contributed by atoms with Crippen molar-refractivity contribution < 1.29 is 9.72 Å². The summed E-state index contributed by atoms with van der Waals surface area (Å²) in [6, 6.07) is 6.70. The Morgan fingerprint density at radius 2 is 2.20 bits per heavy atom. The molecule has 104 valence electrons. The fourth-order valence-corrected chi connectivity index (χ4v) is 2.31. The predicted octanol–water partition coefficient (Wildman–Crippen LogP) is 2.08. The summed E-state index contributed by atoms with van der Waals surface area (Å²) in [5, 5.41) is 14.7. The number of rotatable bonds is 5. The van der Waals surface area contributed by atoms with Crippen LogP contribution >= 0.6 is 0 Å². The van der Waals surface area contributed by atoms with Gasteiger partial charge < -0.3 is 9.88 Å². The molecule has 0 spiro atoms. The number of hydrogen-bond acceptors (Lipinski definition) is 3. The van der Waals surface area contributed by atoms with Gasteiger partial charge in [-0.05, 0) is 24.8 Å². The molecule has 3 rings (SSSR count). The SMILES string of the molecule is O=C(Cn1ccc2cccc([N+](=O)[O-])c21)NCC1CC1. The maximum Gasteiger partial charge on any atom is 0.293 e. The molecular formula is C14H15N3O3. The summed E-state index contributed by atoms with van der Waals surface area (Å²) < 4.78 is 1.63. The number of nitrogens with zero attached hydrogens (tertiary/aromatic N) is 2. The van der Waals surface area contributed by atoms with Crippen molar-refractivity contribution in [1.82, 2.24) is 9.88 Å². The molecule has 6 nitrogen and oxygen atoms in total. The van der Waals surface area contributed by atoms with E-state index in [1.54, 1.807) is 29.0 Å². The van der Waals surface area contributed by atoms with Crippen LogP contribution in [0.1, 0.15) is 12.8 Å². The van der Waals surface area contributed by atoms with Gasteiger partial charge in [-0.2, -0.15) is 0 Å². The lowest BCUT2D eigenvalue weighted by molar-refractivity contribution is -0.383. The van der Waals surface area contributed by atoms with E-state index in [9.17, 15) is 14.9 Å². The Hall–Kier alpha value is -2.37. The first-order chi connectivity index (χ1) is 9.65. The van der Waals surface area contributed by atoms with Gasteiger partial charge in [-0.3, -0.25) is 14.9 Å². The van der Waals surface area contributed by atoms with Crippen molar-refractivity contribution in [2.45, 2.75) is 19.4 Å². The van der Waals surface area contributed by atoms with E-state index >= 15 is 0 Å². The Bertz CT molecular complexity index is 673. The van der Waals surface area contributed by atoms with Crippen molar-refractivity contribution in [3.8, 4) is 0 Å². The summed E-state index contributed by atoms with van der Waals surface area (Å²) in [5.74, 6) is 0.516. The largest absolute Gasteiger partial charge is 0.354 e. The number of para-hydroxylation sites is 1. The molecule has 1 aromatic heterocycles. The van der Waals surface area contributed by atoms with E-state index in [-0.39, 0.29) is 18.1 Å². The number of carbonyl (C=O) groups is 1. The van der Waals surface area contributed by atoms with Crippen LogP contribution in [0, 0.1) is 16.0 Å². The third kappa shape index (κ3) is 2.49. The number of aromatic nitrogens is 1. The predicted molar refractivity (Wildman–Crippen MR) is 74.3 cm³/mol. The van der Waals surface area contributed by atoms with Crippen LogP contribution < -0.4 is 5.32 Å². The Labute approximate surface area is 115 Å². The molecule has 0 aliphatic heterocycles. The fourth-order valence-electron chi connectivity index (χ4n) is 2.31. The second-order valence-electron chi connectivity index (χ2n) is 5.16. The van der Waals surface area contributed by atoms with Crippen LogP contribution in [-0.2, 0) is 11.3 Å². The van der Waals surface area contributed by atoms with Gasteiger partial charge in [0.05, 0.1) is 4.92 Å². The zero-order valence-electron chi connectivity index (χ0n) is 10.9. The zero-order chi connectivity index (χ0) is 14.1. The quantitative estimate of drug-likeness (QED) is 0.669. The molecule has 1 aromatic carbocycles. The lowest BCUT2D eigenvalue weighted by atomic mass is 10.2. The lowest BCUT2D eigenvalue weighted by Crippen LogP contribution is -2.29. The topological polar surface area (TPSA) is 77.2 Å². The molecule has 1 aliphatic carbocycles. The van der Waals surface area contributed by atoms with Gasteiger partial charge in [0.1, 0.15) is 12.1 Å². The van der Waals surface area contributed by atoms with E-state index in [4.69, 9.17) is 0 Å². The smallest absolute Gasteiger partial charge is 0.293 e. The molecule has 0 bridgehead atoms. The first-order valence-corrected chi connectivity index (χ1v) is 6.64. The summed E-state index contributed by atoms with van der Waals surface area (Å²) in [5.41, 5.74) is 0.529. The van der Waals surface area contributed by atoms with Crippen molar-refractivity contribution in [1.29, 1.82) is 0 Å². The molecule has 1 saturated carbocycles. The van der Waals surface area contributed by atoms with E-state index < -0.39 is 4.92 Å². The minimum Gasteiger partial charge on any atom is -0.354 e. The molecule has 0 atom stereocenters. The second kappa shape index (κ2) is 4.96. The summed E-state index contributed by atoms with van der Waals surface area (Å²) in [6.45, 7) is 0.821. The number of nitro groups is 1. The highest BCUT2D eigenvalue weighted by atomic mass is 16.6. The van der Waals surface area contributed by atoms with Gasteiger partial charge in [0.25, 0.3) is 5.69 Å². The highest BCUT2D eigenvalue weighted by Crippen LogP contribution is 2.28. The van der Waals surface area contributed by atoms with Crippen molar-refractivity contribution in [3.63, 3.8) is 0 Å².